The number of hydrogen-bond acceptors (Lipinski definition) is 4. The number of nitrogens with two attached hydrogens (primary N) is 1. The zero-order chi connectivity index (χ0) is 16.0. The Balaban J connectivity index is 0.00000441. The maximum atomic E-state index is 12.3. The second kappa shape index (κ2) is 9.42. The van der Waals surface area contributed by atoms with Gasteiger partial charge in [-0.05, 0) is 31.5 Å². The van der Waals surface area contributed by atoms with Gasteiger partial charge in [-0.2, -0.15) is 8.78 Å². The van der Waals surface area contributed by atoms with Gasteiger partial charge < -0.3 is 20.1 Å². The molecule has 0 bridgehead atoms. The smallest absolute Gasteiger partial charge is 0.387 e. The van der Waals surface area contributed by atoms with Gasteiger partial charge in [-0.25, -0.2) is 0 Å². The van der Waals surface area contributed by atoms with Gasteiger partial charge in [0.25, 0.3) is 0 Å². The first kappa shape index (κ1) is 20.4. The van der Waals surface area contributed by atoms with E-state index < -0.39 is 12.7 Å². The topological polar surface area (TPSA) is 64.8 Å². The Bertz CT molecular complexity index is 487. The summed E-state index contributed by atoms with van der Waals surface area (Å²) in [5.74, 6) is -0.0189. The summed E-state index contributed by atoms with van der Waals surface area (Å²) in [5.41, 5.74) is 6.26. The van der Waals surface area contributed by atoms with Crippen LogP contribution in [-0.4, -0.2) is 37.1 Å². The zero-order valence-electron chi connectivity index (χ0n) is 12.7. The molecular weight excluding hydrogens is 318 g/mol. The van der Waals surface area contributed by atoms with E-state index in [1.165, 1.54) is 11.0 Å². The average molecular weight is 339 g/mol. The molecule has 0 aliphatic heterocycles. The fourth-order valence-corrected chi connectivity index (χ4v) is 1.81. The van der Waals surface area contributed by atoms with Gasteiger partial charge in [0.05, 0.1) is 12.6 Å². The van der Waals surface area contributed by atoms with Crippen LogP contribution in [0, 0.1) is 0 Å². The highest BCUT2D eigenvalue weighted by Gasteiger charge is 2.16. The van der Waals surface area contributed by atoms with E-state index in [0.717, 1.165) is 5.56 Å². The van der Waals surface area contributed by atoms with Crippen LogP contribution in [-0.2, 0) is 11.3 Å². The molecule has 0 fully saturated rings. The SMILES string of the molecule is CCOc1cc(CN(C)C(=O)[C@H](C)N)ccc1OC(F)F.Cl. The molecule has 0 saturated heterocycles. The standard InChI is InChI=1S/C14H20F2N2O3.ClH/c1-4-20-12-7-10(5-6-11(12)21-14(15)16)8-18(3)13(19)9(2)17;/h5-7,9,14H,4,8,17H2,1-3H3;1H/t9-;/m0./s1. The van der Waals surface area contributed by atoms with Crippen molar-refractivity contribution in [3.63, 3.8) is 0 Å². The lowest BCUT2D eigenvalue weighted by Gasteiger charge is -2.20. The Kier molecular flexibility index (Phi) is 8.74. The van der Waals surface area contributed by atoms with E-state index in [2.05, 4.69) is 4.74 Å². The molecule has 1 amide bonds. The molecule has 22 heavy (non-hydrogen) atoms. The molecule has 1 atom stereocenters. The number of likely N-dealkylation sites (N-methyl/N-ethyl adjacent to an activating group) is 1. The predicted molar refractivity (Wildman–Crippen MR) is 81.6 cm³/mol. The number of benzene rings is 1. The van der Waals surface area contributed by atoms with Crippen molar-refractivity contribution >= 4 is 18.3 Å². The number of nitrogens with zero attached hydrogens (tertiary/aromatic N) is 1. The lowest BCUT2D eigenvalue weighted by atomic mass is 10.2. The number of halogens is 3. The minimum atomic E-state index is -2.92. The molecule has 0 spiro atoms. The van der Waals surface area contributed by atoms with Crippen molar-refractivity contribution in [2.24, 2.45) is 5.73 Å². The molecule has 1 rings (SSSR count). The van der Waals surface area contributed by atoms with Gasteiger partial charge in [-0.15, -0.1) is 12.4 Å². The largest absolute Gasteiger partial charge is 0.490 e. The van der Waals surface area contributed by atoms with Crippen LogP contribution < -0.4 is 15.2 Å². The highest BCUT2D eigenvalue weighted by molar-refractivity contribution is 5.85. The molecule has 0 aromatic heterocycles. The number of rotatable bonds is 7. The van der Waals surface area contributed by atoms with Crippen LogP contribution in [0.2, 0.25) is 0 Å². The van der Waals surface area contributed by atoms with Crippen LogP contribution in [0.1, 0.15) is 19.4 Å². The summed E-state index contributed by atoms with van der Waals surface area (Å²) in [5, 5.41) is 0. The molecule has 0 unspecified atom stereocenters. The van der Waals surface area contributed by atoms with Crippen molar-refractivity contribution in [2.75, 3.05) is 13.7 Å². The summed E-state index contributed by atoms with van der Waals surface area (Å²) < 4.78 is 34.3. The molecule has 1 aromatic carbocycles. The van der Waals surface area contributed by atoms with E-state index >= 15 is 0 Å². The first-order valence-electron chi connectivity index (χ1n) is 6.56. The lowest BCUT2D eigenvalue weighted by Crippen LogP contribution is -2.39. The van der Waals surface area contributed by atoms with Crippen LogP contribution in [0.4, 0.5) is 8.78 Å². The molecular formula is C14H21ClF2N2O3. The summed E-state index contributed by atoms with van der Waals surface area (Å²) in [6, 6.07) is 3.98. The number of carbonyl (C=O) groups is 1. The van der Waals surface area contributed by atoms with Gasteiger partial charge in [0.15, 0.2) is 11.5 Å². The summed E-state index contributed by atoms with van der Waals surface area (Å²) in [6.45, 7) is 1.04. The van der Waals surface area contributed by atoms with Crippen molar-refractivity contribution in [3.05, 3.63) is 23.8 Å². The van der Waals surface area contributed by atoms with Crippen LogP contribution in [0.25, 0.3) is 0 Å². The van der Waals surface area contributed by atoms with E-state index in [-0.39, 0.29) is 29.8 Å². The highest BCUT2D eigenvalue weighted by atomic mass is 35.5. The number of ether oxygens (including phenoxy) is 2. The molecule has 0 heterocycles. The fraction of sp³-hybridized carbons (Fsp3) is 0.500. The Morgan fingerprint density at radius 2 is 2.00 bits per heavy atom. The number of carbonyl (C=O) groups excluding carboxylic acids is 1. The van der Waals surface area contributed by atoms with Crippen LogP contribution in [0.5, 0.6) is 11.5 Å². The number of hydrogen-bond donors (Lipinski definition) is 1. The molecule has 0 aliphatic rings. The minimum Gasteiger partial charge on any atom is -0.490 e. The third kappa shape index (κ3) is 6.03. The summed E-state index contributed by atoms with van der Waals surface area (Å²) in [7, 11) is 1.62. The van der Waals surface area contributed by atoms with E-state index in [9.17, 15) is 13.6 Å². The average Bonchev–Trinajstić information content (AvgIpc) is 2.40. The second-order valence-electron chi connectivity index (χ2n) is 4.58. The van der Waals surface area contributed by atoms with Gasteiger partial charge in [0.2, 0.25) is 5.91 Å². The molecule has 1 aromatic rings. The van der Waals surface area contributed by atoms with Crippen molar-refractivity contribution in [3.8, 4) is 11.5 Å². The maximum absolute atomic E-state index is 12.3. The van der Waals surface area contributed by atoms with Crippen LogP contribution >= 0.6 is 12.4 Å². The quantitative estimate of drug-likeness (QED) is 0.829. The third-order valence-corrected chi connectivity index (χ3v) is 2.71. The Hall–Kier alpha value is -1.60. The van der Waals surface area contributed by atoms with Crippen molar-refractivity contribution in [1.82, 2.24) is 4.90 Å². The van der Waals surface area contributed by atoms with Gasteiger partial charge in [-0.3, -0.25) is 4.79 Å². The molecule has 0 aliphatic carbocycles. The minimum absolute atomic E-state index is 0. The van der Waals surface area contributed by atoms with Gasteiger partial charge in [0, 0.05) is 13.6 Å². The normalized spacial score (nSPS) is 11.6. The summed E-state index contributed by atoms with van der Waals surface area (Å²) in [4.78, 5) is 13.2. The monoisotopic (exact) mass is 338 g/mol. The van der Waals surface area contributed by atoms with Gasteiger partial charge >= 0.3 is 6.61 Å². The summed E-state index contributed by atoms with van der Waals surface area (Å²) >= 11 is 0. The fourth-order valence-electron chi connectivity index (χ4n) is 1.81. The zero-order valence-corrected chi connectivity index (χ0v) is 13.5. The lowest BCUT2D eigenvalue weighted by molar-refractivity contribution is -0.131. The van der Waals surface area contributed by atoms with E-state index in [1.54, 1.807) is 33.0 Å². The van der Waals surface area contributed by atoms with Crippen molar-refractivity contribution in [1.29, 1.82) is 0 Å². The molecule has 8 heteroatoms. The predicted octanol–water partition coefficient (Wildman–Crippen LogP) is 2.41. The second-order valence-corrected chi connectivity index (χ2v) is 4.58. The molecule has 0 saturated carbocycles. The van der Waals surface area contributed by atoms with Gasteiger partial charge in [0.1, 0.15) is 0 Å². The van der Waals surface area contributed by atoms with Crippen LogP contribution in [0.3, 0.4) is 0 Å². The van der Waals surface area contributed by atoms with E-state index in [4.69, 9.17) is 10.5 Å². The number of amides is 1. The number of alkyl halides is 2. The maximum Gasteiger partial charge on any atom is 0.387 e. The van der Waals surface area contributed by atoms with Crippen molar-refractivity contribution < 1.29 is 23.0 Å². The highest BCUT2D eigenvalue weighted by Crippen LogP contribution is 2.30. The Morgan fingerprint density at radius 3 is 2.50 bits per heavy atom. The first-order chi connectivity index (χ1) is 9.85. The first-order valence-corrected chi connectivity index (χ1v) is 6.56. The third-order valence-electron chi connectivity index (χ3n) is 2.71. The molecule has 2 N–H and O–H groups in total. The van der Waals surface area contributed by atoms with E-state index in [0.29, 0.717) is 13.2 Å². The molecule has 0 radical (unpaired) electrons. The Labute approximate surface area is 134 Å². The van der Waals surface area contributed by atoms with Crippen LogP contribution in [0.15, 0.2) is 18.2 Å². The van der Waals surface area contributed by atoms with E-state index in [1.807, 2.05) is 0 Å². The molecule has 126 valence electrons. The molecule has 5 nitrogen and oxygen atoms in total. The van der Waals surface area contributed by atoms with Crippen molar-refractivity contribution in [2.45, 2.75) is 33.0 Å². The Morgan fingerprint density at radius 1 is 1.36 bits per heavy atom. The van der Waals surface area contributed by atoms with Gasteiger partial charge in [-0.1, -0.05) is 6.07 Å². The summed E-state index contributed by atoms with van der Waals surface area (Å²) in [6.07, 6.45) is 0.